The van der Waals surface area contributed by atoms with E-state index in [1.165, 1.54) is 0 Å². The molecule has 0 aromatic heterocycles. The average molecular weight is 355 g/mol. The zero-order chi connectivity index (χ0) is 19.3. The Morgan fingerprint density at radius 1 is 0.920 bits per heavy atom. The SMILES string of the molecule is C=CCC(C)(C(=O)OCC(CC)CCC)C(=O)OCC(CC)CCC. The lowest BCUT2D eigenvalue weighted by Gasteiger charge is -2.26. The van der Waals surface area contributed by atoms with Crippen molar-refractivity contribution in [3.05, 3.63) is 12.7 Å². The molecule has 0 spiro atoms. The van der Waals surface area contributed by atoms with Crippen LogP contribution in [0.15, 0.2) is 12.7 Å². The van der Waals surface area contributed by atoms with E-state index in [1.54, 1.807) is 13.0 Å². The summed E-state index contributed by atoms with van der Waals surface area (Å²) in [5, 5.41) is 0. The normalized spacial score (nSPS) is 15.7. The fourth-order valence-corrected chi connectivity index (χ4v) is 2.87. The van der Waals surface area contributed by atoms with Crippen LogP contribution in [0.5, 0.6) is 0 Å². The van der Waals surface area contributed by atoms with Crippen LogP contribution in [0.4, 0.5) is 0 Å². The molecule has 0 rings (SSSR count). The van der Waals surface area contributed by atoms with E-state index in [-0.39, 0.29) is 6.42 Å². The van der Waals surface area contributed by atoms with Crippen LogP contribution < -0.4 is 0 Å². The predicted octanol–water partition coefficient (Wildman–Crippen LogP) is 5.31. The van der Waals surface area contributed by atoms with Crippen LogP contribution in [0.1, 0.15) is 79.6 Å². The third-order valence-electron chi connectivity index (χ3n) is 4.90. The maximum atomic E-state index is 12.6. The smallest absolute Gasteiger partial charge is 0.323 e. The number of esters is 2. The second kappa shape index (κ2) is 13.0. The molecule has 146 valence electrons. The van der Waals surface area contributed by atoms with Crippen LogP contribution in [-0.4, -0.2) is 25.2 Å². The van der Waals surface area contributed by atoms with Crippen LogP contribution in [0, 0.1) is 17.3 Å². The Bertz CT molecular complexity index is 373. The summed E-state index contributed by atoms with van der Waals surface area (Å²) in [4.78, 5) is 25.2. The lowest BCUT2D eigenvalue weighted by Crippen LogP contribution is -2.40. The maximum absolute atomic E-state index is 12.6. The molecule has 0 aromatic carbocycles. The topological polar surface area (TPSA) is 52.6 Å². The molecule has 0 amide bonds. The van der Waals surface area contributed by atoms with Gasteiger partial charge in [0.2, 0.25) is 0 Å². The van der Waals surface area contributed by atoms with Crippen molar-refractivity contribution in [3.63, 3.8) is 0 Å². The van der Waals surface area contributed by atoms with Gasteiger partial charge in [0, 0.05) is 0 Å². The third-order valence-corrected chi connectivity index (χ3v) is 4.90. The number of carbonyl (C=O) groups is 2. The monoisotopic (exact) mass is 354 g/mol. The number of rotatable bonds is 14. The van der Waals surface area contributed by atoms with Crippen molar-refractivity contribution in [2.45, 2.75) is 79.6 Å². The number of carbonyl (C=O) groups excluding carboxylic acids is 2. The summed E-state index contributed by atoms with van der Waals surface area (Å²) in [6, 6.07) is 0. The standard InChI is InChI=1S/C21H38O4/c1-7-12-17(10-4)15-24-19(22)21(6,14-9-3)20(23)25-16-18(11-5)13-8-2/h9,17-18H,3,7-8,10-16H2,1-2,4-6H3. The Hall–Kier alpha value is -1.32. The van der Waals surface area contributed by atoms with Gasteiger partial charge in [0.05, 0.1) is 13.2 Å². The molecule has 0 aromatic rings. The lowest BCUT2D eigenvalue weighted by molar-refractivity contribution is -0.172. The highest BCUT2D eigenvalue weighted by Gasteiger charge is 2.43. The van der Waals surface area contributed by atoms with Gasteiger partial charge in [0.15, 0.2) is 5.41 Å². The van der Waals surface area contributed by atoms with Crippen molar-refractivity contribution in [3.8, 4) is 0 Å². The Morgan fingerprint density at radius 2 is 1.32 bits per heavy atom. The van der Waals surface area contributed by atoms with Gasteiger partial charge in [-0.2, -0.15) is 0 Å². The molecule has 0 heterocycles. The molecule has 2 atom stereocenters. The highest BCUT2D eigenvalue weighted by molar-refractivity contribution is 5.99. The number of hydrogen-bond donors (Lipinski definition) is 0. The van der Waals surface area contributed by atoms with Gasteiger partial charge in [-0.15, -0.1) is 6.58 Å². The lowest BCUT2D eigenvalue weighted by atomic mass is 9.86. The van der Waals surface area contributed by atoms with E-state index in [9.17, 15) is 9.59 Å². The molecule has 0 aliphatic heterocycles. The zero-order valence-electron chi connectivity index (χ0n) is 16.9. The summed E-state index contributed by atoms with van der Waals surface area (Å²) in [6.07, 6.45) is 7.85. The van der Waals surface area contributed by atoms with Crippen molar-refractivity contribution < 1.29 is 19.1 Å². The largest absolute Gasteiger partial charge is 0.465 e. The first-order chi connectivity index (χ1) is 11.9. The predicted molar refractivity (Wildman–Crippen MR) is 102 cm³/mol. The minimum absolute atomic E-state index is 0.222. The Labute approximate surface area is 154 Å². The van der Waals surface area contributed by atoms with Crippen molar-refractivity contribution in [1.29, 1.82) is 0 Å². The molecule has 0 saturated heterocycles. The molecule has 0 aliphatic carbocycles. The van der Waals surface area contributed by atoms with E-state index in [2.05, 4.69) is 34.3 Å². The minimum atomic E-state index is -1.31. The number of ether oxygens (including phenoxy) is 2. The molecule has 0 aliphatic rings. The quantitative estimate of drug-likeness (QED) is 0.241. The van der Waals surface area contributed by atoms with Crippen molar-refractivity contribution in [2.24, 2.45) is 17.3 Å². The van der Waals surface area contributed by atoms with E-state index >= 15 is 0 Å². The van der Waals surface area contributed by atoms with E-state index in [1.807, 2.05) is 0 Å². The average Bonchev–Trinajstić information content (AvgIpc) is 2.61. The van der Waals surface area contributed by atoms with Crippen LogP contribution in [-0.2, 0) is 19.1 Å². The highest BCUT2D eigenvalue weighted by atomic mass is 16.6. The van der Waals surface area contributed by atoms with Gasteiger partial charge in [-0.1, -0.05) is 59.5 Å². The summed E-state index contributed by atoms with van der Waals surface area (Å²) < 4.78 is 11.0. The maximum Gasteiger partial charge on any atom is 0.323 e. The summed E-state index contributed by atoms with van der Waals surface area (Å²) in [6.45, 7) is 14.4. The van der Waals surface area contributed by atoms with Gasteiger partial charge in [0.25, 0.3) is 0 Å². The van der Waals surface area contributed by atoms with Gasteiger partial charge >= 0.3 is 11.9 Å². The molecule has 4 heteroatoms. The van der Waals surface area contributed by atoms with E-state index in [0.717, 1.165) is 38.5 Å². The first kappa shape index (κ1) is 23.7. The van der Waals surface area contributed by atoms with Gasteiger partial charge in [0.1, 0.15) is 0 Å². The second-order valence-corrected chi connectivity index (χ2v) is 7.15. The fraction of sp³-hybridized carbons (Fsp3) is 0.810. The molecule has 0 N–H and O–H groups in total. The van der Waals surface area contributed by atoms with Gasteiger partial charge < -0.3 is 9.47 Å². The van der Waals surface area contributed by atoms with Gasteiger partial charge in [-0.25, -0.2) is 0 Å². The van der Waals surface area contributed by atoms with Crippen molar-refractivity contribution in [2.75, 3.05) is 13.2 Å². The zero-order valence-corrected chi connectivity index (χ0v) is 16.9. The summed E-state index contributed by atoms with van der Waals surface area (Å²) in [5.74, 6) is -0.329. The Kier molecular flexibility index (Phi) is 12.3. The summed E-state index contributed by atoms with van der Waals surface area (Å²) in [7, 11) is 0. The first-order valence-electron chi connectivity index (χ1n) is 9.84. The molecule has 25 heavy (non-hydrogen) atoms. The van der Waals surface area contributed by atoms with E-state index in [0.29, 0.717) is 25.0 Å². The Balaban J connectivity index is 4.85. The molecule has 2 unspecified atom stereocenters. The highest BCUT2D eigenvalue weighted by Crippen LogP contribution is 2.27. The summed E-state index contributed by atoms with van der Waals surface area (Å²) in [5.41, 5.74) is -1.31. The third kappa shape index (κ3) is 8.06. The molecule has 0 bridgehead atoms. The van der Waals surface area contributed by atoms with Crippen LogP contribution >= 0.6 is 0 Å². The summed E-state index contributed by atoms with van der Waals surface area (Å²) >= 11 is 0. The molecular formula is C21H38O4. The second-order valence-electron chi connectivity index (χ2n) is 7.15. The van der Waals surface area contributed by atoms with E-state index in [4.69, 9.17) is 9.47 Å². The van der Waals surface area contributed by atoms with Gasteiger partial charge in [-0.3, -0.25) is 9.59 Å². The van der Waals surface area contributed by atoms with E-state index < -0.39 is 17.4 Å². The van der Waals surface area contributed by atoms with Crippen molar-refractivity contribution in [1.82, 2.24) is 0 Å². The molecular weight excluding hydrogens is 316 g/mol. The van der Waals surface area contributed by atoms with Gasteiger partial charge in [-0.05, 0) is 38.0 Å². The first-order valence-corrected chi connectivity index (χ1v) is 9.84. The molecule has 4 nitrogen and oxygen atoms in total. The van der Waals surface area contributed by atoms with Crippen molar-refractivity contribution >= 4 is 11.9 Å². The van der Waals surface area contributed by atoms with Crippen LogP contribution in [0.2, 0.25) is 0 Å². The van der Waals surface area contributed by atoms with Crippen LogP contribution in [0.25, 0.3) is 0 Å². The number of allylic oxidation sites excluding steroid dienone is 1. The van der Waals surface area contributed by atoms with Crippen LogP contribution in [0.3, 0.4) is 0 Å². The number of hydrogen-bond acceptors (Lipinski definition) is 4. The molecule has 0 saturated carbocycles. The molecule has 0 radical (unpaired) electrons. The minimum Gasteiger partial charge on any atom is -0.465 e. The molecule has 0 fully saturated rings. The Morgan fingerprint density at radius 3 is 1.60 bits per heavy atom. The fourth-order valence-electron chi connectivity index (χ4n) is 2.87.